The summed E-state index contributed by atoms with van der Waals surface area (Å²) in [4.78, 5) is 49.5. The first-order chi connectivity index (χ1) is 22.9. The topological polar surface area (TPSA) is 121 Å². The van der Waals surface area contributed by atoms with Crippen LogP contribution in [0.3, 0.4) is 0 Å². The molecule has 1 aliphatic rings. The zero-order valence-electron chi connectivity index (χ0n) is 25.2. The Morgan fingerprint density at radius 1 is 0.936 bits per heavy atom. The maximum absolute atomic E-state index is 14.4. The fourth-order valence-electron chi connectivity index (χ4n) is 6.61. The van der Waals surface area contributed by atoms with Gasteiger partial charge in [-0.15, -0.1) is 0 Å². The van der Waals surface area contributed by atoms with Crippen molar-refractivity contribution >= 4 is 33.5 Å². The summed E-state index contributed by atoms with van der Waals surface area (Å²) in [5, 5.41) is 8.44. The van der Waals surface area contributed by atoms with E-state index in [1.54, 1.807) is 22.9 Å². The second kappa shape index (κ2) is 11.5. The van der Waals surface area contributed by atoms with E-state index in [0.29, 0.717) is 49.3 Å². The molecule has 1 N–H and O–H groups in total. The van der Waals surface area contributed by atoms with Gasteiger partial charge in [-0.25, -0.2) is 23.7 Å². The number of imidazole rings is 1. The highest BCUT2D eigenvalue weighted by Crippen LogP contribution is 2.28. The first-order valence-corrected chi connectivity index (χ1v) is 15.5. The summed E-state index contributed by atoms with van der Waals surface area (Å²) in [7, 11) is 0. The lowest BCUT2D eigenvalue weighted by Gasteiger charge is -2.30. The minimum Gasteiger partial charge on any atom is -0.348 e. The molecule has 5 heterocycles. The van der Waals surface area contributed by atoms with E-state index < -0.39 is 23.1 Å². The van der Waals surface area contributed by atoms with E-state index in [1.807, 2.05) is 71.5 Å². The minimum atomic E-state index is -0.664. The van der Waals surface area contributed by atoms with Crippen LogP contribution in [-0.4, -0.2) is 45.2 Å². The average Bonchev–Trinajstić information content (AvgIpc) is 3.71. The molecule has 0 aliphatic heterocycles. The van der Waals surface area contributed by atoms with Gasteiger partial charge in [-0.2, -0.15) is 5.10 Å². The van der Waals surface area contributed by atoms with Gasteiger partial charge in [0, 0.05) is 29.9 Å². The molecule has 0 unspecified atom stereocenters. The normalized spacial score (nSPS) is 16.6. The molecule has 0 atom stereocenters. The molecule has 0 radical (unpaired) electrons. The van der Waals surface area contributed by atoms with Crippen molar-refractivity contribution in [1.29, 1.82) is 0 Å². The zero-order chi connectivity index (χ0) is 32.1. The number of halogens is 1. The van der Waals surface area contributed by atoms with Crippen LogP contribution in [0, 0.1) is 5.82 Å². The SMILES string of the molecule is O=C(N[C@H]1CC[C@@H](n2c(=O)c3cc(F)cnc3n(-c3ccc4c(cnn4Cc4ccccc4)c3)c2=O)CC1)c1cn2ccccc2n1. The Bertz CT molecular complexity index is 2390. The van der Waals surface area contributed by atoms with Gasteiger partial charge in [0.2, 0.25) is 0 Å². The third kappa shape index (κ3) is 5.17. The lowest BCUT2D eigenvalue weighted by molar-refractivity contribution is 0.0917. The third-order valence-electron chi connectivity index (χ3n) is 8.94. The van der Waals surface area contributed by atoms with Gasteiger partial charge in [0.15, 0.2) is 5.65 Å². The number of carbonyl (C=O) groups is 1. The molecular formula is C35H29FN8O3. The van der Waals surface area contributed by atoms with Crippen molar-refractivity contribution in [2.75, 3.05) is 0 Å². The number of aromatic nitrogens is 7. The monoisotopic (exact) mass is 628 g/mol. The Hall–Kier alpha value is -5.91. The number of hydrogen-bond donors (Lipinski definition) is 1. The third-order valence-corrected chi connectivity index (χ3v) is 8.94. The largest absolute Gasteiger partial charge is 0.348 e. The van der Waals surface area contributed by atoms with Crippen LogP contribution in [0.4, 0.5) is 4.39 Å². The van der Waals surface area contributed by atoms with Gasteiger partial charge in [0.25, 0.3) is 11.5 Å². The van der Waals surface area contributed by atoms with Crippen molar-refractivity contribution < 1.29 is 9.18 Å². The number of nitrogens with zero attached hydrogens (tertiary/aromatic N) is 7. The second-order valence-corrected chi connectivity index (χ2v) is 11.9. The summed E-state index contributed by atoms with van der Waals surface area (Å²) in [6.07, 6.45) is 8.33. The molecular weight excluding hydrogens is 599 g/mol. The molecule has 1 amide bonds. The molecule has 47 heavy (non-hydrogen) atoms. The fraction of sp³-hybridized carbons (Fsp3) is 0.200. The molecule has 2 aromatic carbocycles. The van der Waals surface area contributed by atoms with Crippen LogP contribution in [0.2, 0.25) is 0 Å². The van der Waals surface area contributed by atoms with E-state index >= 15 is 0 Å². The first kappa shape index (κ1) is 28.6. The molecule has 0 spiro atoms. The van der Waals surface area contributed by atoms with Gasteiger partial charge >= 0.3 is 5.69 Å². The Morgan fingerprint density at radius 3 is 2.55 bits per heavy atom. The van der Waals surface area contributed by atoms with Gasteiger partial charge in [-0.3, -0.25) is 18.8 Å². The fourth-order valence-corrected chi connectivity index (χ4v) is 6.61. The van der Waals surface area contributed by atoms with E-state index in [-0.39, 0.29) is 23.0 Å². The quantitative estimate of drug-likeness (QED) is 0.286. The summed E-state index contributed by atoms with van der Waals surface area (Å²) in [5.41, 5.74) is 2.44. The molecule has 234 valence electrons. The Kier molecular flexibility index (Phi) is 6.97. The molecule has 7 aromatic rings. The molecule has 8 rings (SSSR count). The number of carbonyl (C=O) groups excluding carboxylic acids is 1. The van der Waals surface area contributed by atoms with Crippen molar-refractivity contribution in [2.45, 2.75) is 44.3 Å². The van der Waals surface area contributed by atoms with Gasteiger partial charge in [0.05, 0.1) is 35.5 Å². The van der Waals surface area contributed by atoms with Crippen LogP contribution < -0.4 is 16.6 Å². The number of hydrogen-bond acceptors (Lipinski definition) is 6. The number of nitrogens with one attached hydrogen (secondary N) is 1. The summed E-state index contributed by atoms with van der Waals surface area (Å²) >= 11 is 0. The van der Waals surface area contributed by atoms with Crippen molar-refractivity contribution in [3.05, 3.63) is 135 Å². The smallest absolute Gasteiger partial charge is 0.337 e. The standard InChI is InChI=1S/C35H29FN8O3/c36-24-17-28-32(37-19-24)43(27-13-14-30-23(16-27)18-38-42(30)20-22-6-2-1-3-7-22)35(47)44(34(28)46)26-11-9-25(10-12-26)39-33(45)29-21-41-15-5-4-8-31(41)40-29/h1-8,13-19,21,25-26H,9-12,20H2,(H,39,45)/t25-,26+. The highest BCUT2D eigenvalue weighted by molar-refractivity contribution is 5.93. The lowest BCUT2D eigenvalue weighted by atomic mass is 9.90. The van der Waals surface area contributed by atoms with E-state index in [2.05, 4.69) is 20.4 Å². The predicted molar refractivity (Wildman–Crippen MR) is 174 cm³/mol. The van der Waals surface area contributed by atoms with Crippen LogP contribution in [0.5, 0.6) is 0 Å². The number of amides is 1. The maximum Gasteiger partial charge on any atom is 0.337 e. The van der Waals surface area contributed by atoms with Crippen LogP contribution >= 0.6 is 0 Å². The molecule has 0 bridgehead atoms. The molecule has 0 saturated heterocycles. The first-order valence-electron chi connectivity index (χ1n) is 15.5. The van der Waals surface area contributed by atoms with Crippen molar-refractivity contribution in [2.24, 2.45) is 0 Å². The van der Waals surface area contributed by atoms with E-state index in [9.17, 15) is 18.8 Å². The van der Waals surface area contributed by atoms with Crippen molar-refractivity contribution in [1.82, 2.24) is 38.6 Å². The molecule has 11 nitrogen and oxygen atoms in total. The summed E-state index contributed by atoms with van der Waals surface area (Å²) in [6, 6.07) is 21.6. The van der Waals surface area contributed by atoms with Gasteiger partial charge in [-0.05, 0) is 67.6 Å². The average molecular weight is 629 g/mol. The lowest BCUT2D eigenvalue weighted by Crippen LogP contribution is -2.45. The molecule has 1 aliphatic carbocycles. The minimum absolute atomic E-state index is 0.0201. The maximum atomic E-state index is 14.4. The van der Waals surface area contributed by atoms with Gasteiger partial charge in [0.1, 0.15) is 17.2 Å². The van der Waals surface area contributed by atoms with Crippen LogP contribution in [0.25, 0.3) is 33.3 Å². The number of rotatable bonds is 6. The highest BCUT2D eigenvalue weighted by atomic mass is 19.1. The Morgan fingerprint density at radius 2 is 1.74 bits per heavy atom. The zero-order valence-corrected chi connectivity index (χ0v) is 25.2. The van der Waals surface area contributed by atoms with E-state index in [1.165, 1.54) is 9.13 Å². The Balaban J connectivity index is 1.10. The highest BCUT2D eigenvalue weighted by Gasteiger charge is 2.28. The molecule has 1 saturated carbocycles. The summed E-state index contributed by atoms with van der Waals surface area (Å²) in [5.74, 6) is -0.936. The van der Waals surface area contributed by atoms with Crippen LogP contribution in [0.15, 0.2) is 107 Å². The summed E-state index contributed by atoms with van der Waals surface area (Å²) < 4.78 is 20.7. The summed E-state index contributed by atoms with van der Waals surface area (Å²) in [6.45, 7) is 0.584. The van der Waals surface area contributed by atoms with Crippen LogP contribution in [0.1, 0.15) is 47.8 Å². The molecule has 1 fully saturated rings. The van der Waals surface area contributed by atoms with E-state index in [0.717, 1.165) is 28.7 Å². The predicted octanol–water partition coefficient (Wildman–Crippen LogP) is 4.65. The molecule has 5 aromatic heterocycles. The van der Waals surface area contributed by atoms with Gasteiger partial charge < -0.3 is 9.72 Å². The van der Waals surface area contributed by atoms with Crippen molar-refractivity contribution in [3.8, 4) is 5.69 Å². The van der Waals surface area contributed by atoms with Gasteiger partial charge in [-0.1, -0.05) is 36.4 Å². The van der Waals surface area contributed by atoms with Crippen molar-refractivity contribution in [3.63, 3.8) is 0 Å². The van der Waals surface area contributed by atoms with Crippen LogP contribution in [-0.2, 0) is 6.54 Å². The Labute approximate surface area is 266 Å². The number of fused-ring (bicyclic) bond motifs is 3. The number of pyridine rings is 2. The second-order valence-electron chi connectivity index (χ2n) is 11.9. The van der Waals surface area contributed by atoms with E-state index in [4.69, 9.17) is 0 Å². The molecule has 12 heteroatoms. The number of benzene rings is 2.